The first-order valence-electron chi connectivity index (χ1n) is 3.47. The second kappa shape index (κ2) is 4.66. The Bertz CT molecular complexity index is 80.9. The van der Waals surface area contributed by atoms with Crippen LogP contribution in [0, 0.1) is 0 Å². The van der Waals surface area contributed by atoms with Gasteiger partial charge in [0.1, 0.15) is 6.61 Å². The number of hydrogen-bond acceptors (Lipinski definition) is 3. The number of ether oxygens (including phenoxy) is 2. The van der Waals surface area contributed by atoms with E-state index in [9.17, 15) is 5.11 Å². The Hall–Kier alpha value is -0.120. The zero-order valence-electron chi connectivity index (χ0n) is 6.89. The van der Waals surface area contributed by atoms with Gasteiger partial charge in [0.25, 0.3) is 0 Å². The lowest BCUT2D eigenvalue weighted by Gasteiger charge is -2.20. The first-order chi connectivity index (χ1) is 4.62. The van der Waals surface area contributed by atoms with E-state index in [1.165, 1.54) is 7.11 Å². The number of rotatable bonds is 5. The maximum atomic E-state index is 9.20. The molecule has 0 heterocycles. The van der Waals surface area contributed by atoms with E-state index < -0.39 is 5.79 Å². The van der Waals surface area contributed by atoms with Crippen LogP contribution in [0.1, 0.15) is 20.3 Å². The molecule has 0 aliphatic heterocycles. The molecule has 0 aromatic carbocycles. The average Bonchev–Trinajstić information content (AvgIpc) is 1.89. The lowest BCUT2D eigenvalue weighted by atomic mass is 10.3. The molecule has 0 radical (unpaired) electrons. The highest BCUT2D eigenvalue weighted by molar-refractivity contribution is 4.55. The van der Waals surface area contributed by atoms with E-state index in [1.807, 2.05) is 6.92 Å². The predicted octanol–water partition coefficient (Wildman–Crippen LogP) is 0.768. The van der Waals surface area contributed by atoms with E-state index in [-0.39, 0.29) is 6.61 Å². The Morgan fingerprint density at radius 3 is 2.50 bits per heavy atom. The van der Waals surface area contributed by atoms with E-state index in [1.54, 1.807) is 6.92 Å². The van der Waals surface area contributed by atoms with Crippen LogP contribution in [0.4, 0.5) is 0 Å². The van der Waals surface area contributed by atoms with E-state index >= 15 is 0 Å². The molecule has 0 bridgehead atoms. The third-order valence-electron chi connectivity index (χ3n) is 1.16. The number of hydrogen-bond donors (Lipinski definition) is 1. The highest BCUT2D eigenvalue weighted by Gasteiger charge is 2.18. The molecular formula is C7H16O3. The molecule has 0 saturated heterocycles. The second-order valence-electron chi connectivity index (χ2n) is 2.43. The minimum Gasteiger partial charge on any atom is -0.376 e. The molecule has 3 heteroatoms. The fourth-order valence-electron chi connectivity index (χ4n) is 0.465. The maximum absolute atomic E-state index is 9.20. The Balaban J connectivity index is 3.28. The molecule has 1 unspecified atom stereocenters. The lowest BCUT2D eigenvalue weighted by molar-refractivity contribution is -0.204. The largest absolute Gasteiger partial charge is 0.376 e. The molecule has 0 aromatic heterocycles. The van der Waals surface area contributed by atoms with Gasteiger partial charge in [-0.05, 0) is 13.3 Å². The van der Waals surface area contributed by atoms with E-state index in [0.29, 0.717) is 6.61 Å². The summed E-state index contributed by atoms with van der Waals surface area (Å²) in [5.41, 5.74) is 0. The fourth-order valence-corrected chi connectivity index (χ4v) is 0.465. The van der Waals surface area contributed by atoms with Crippen molar-refractivity contribution in [1.29, 1.82) is 0 Å². The van der Waals surface area contributed by atoms with Gasteiger partial charge in [-0.25, -0.2) is 0 Å². The van der Waals surface area contributed by atoms with Crippen LogP contribution in [0.3, 0.4) is 0 Å². The summed E-state index contributed by atoms with van der Waals surface area (Å²) in [5, 5.41) is 9.20. The molecule has 0 aliphatic carbocycles. The van der Waals surface area contributed by atoms with Crippen molar-refractivity contribution in [1.82, 2.24) is 0 Å². The summed E-state index contributed by atoms with van der Waals surface area (Å²) < 4.78 is 9.78. The van der Waals surface area contributed by atoms with Crippen molar-refractivity contribution < 1.29 is 14.6 Å². The molecule has 0 fully saturated rings. The van der Waals surface area contributed by atoms with Gasteiger partial charge < -0.3 is 14.6 Å². The highest BCUT2D eigenvalue weighted by Crippen LogP contribution is 2.03. The Morgan fingerprint density at radius 2 is 2.10 bits per heavy atom. The summed E-state index contributed by atoms with van der Waals surface area (Å²) in [7, 11) is 1.45. The maximum Gasteiger partial charge on any atom is 0.186 e. The summed E-state index contributed by atoms with van der Waals surface area (Å²) in [6.07, 6.45) is 0.958. The van der Waals surface area contributed by atoms with Gasteiger partial charge in [-0.1, -0.05) is 6.92 Å². The topological polar surface area (TPSA) is 38.7 Å². The van der Waals surface area contributed by atoms with Crippen molar-refractivity contribution in [2.45, 2.75) is 26.1 Å². The Morgan fingerprint density at radius 1 is 1.50 bits per heavy atom. The zero-order chi connectivity index (χ0) is 8.04. The van der Waals surface area contributed by atoms with Crippen LogP contribution in [0.5, 0.6) is 0 Å². The second-order valence-corrected chi connectivity index (χ2v) is 2.43. The van der Waals surface area contributed by atoms with Crippen molar-refractivity contribution in [3.05, 3.63) is 0 Å². The fraction of sp³-hybridized carbons (Fsp3) is 1.00. The molecule has 1 atom stereocenters. The summed E-state index contributed by atoms with van der Waals surface area (Å²) in [6.45, 7) is 4.49. The molecule has 0 aromatic rings. The smallest absolute Gasteiger partial charge is 0.186 e. The van der Waals surface area contributed by atoms with Gasteiger partial charge in [-0.15, -0.1) is 0 Å². The van der Waals surface area contributed by atoms with Crippen LogP contribution in [-0.2, 0) is 9.47 Å². The average molecular weight is 148 g/mol. The van der Waals surface area contributed by atoms with E-state index in [2.05, 4.69) is 0 Å². The van der Waals surface area contributed by atoms with Crippen LogP contribution in [0.2, 0.25) is 0 Å². The van der Waals surface area contributed by atoms with E-state index in [0.717, 1.165) is 6.42 Å². The lowest BCUT2D eigenvalue weighted by Crippen LogP contribution is -2.32. The summed E-state index contributed by atoms with van der Waals surface area (Å²) in [4.78, 5) is 0. The molecule has 62 valence electrons. The molecule has 0 saturated carbocycles. The molecule has 3 nitrogen and oxygen atoms in total. The predicted molar refractivity (Wildman–Crippen MR) is 38.7 cm³/mol. The van der Waals surface area contributed by atoms with Crippen molar-refractivity contribution in [3.8, 4) is 0 Å². The molecule has 0 spiro atoms. The van der Waals surface area contributed by atoms with Gasteiger partial charge in [0.15, 0.2) is 5.79 Å². The highest BCUT2D eigenvalue weighted by atomic mass is 16.6. The van der Waals surface area contributed by atoms with Crippen molar-refractivity contribution >= 4 is 0 Å². The Kier molecular flexibility index (Phi) is 4.60. The van der Waals surface area contributed by atoms with Crippen LogP contribution >= 0.6 is 0 Å². The van der Waals surface area contributed by atoms with Crippen LogP contribution in [0.25, 0.3) is 0 Å². The minimum absolute atomic E-state index is 0.233. The van der Waals surface area contributed by atoms with Gasteiger partial charge in [0.05, 0.1) is 0 Å². The first kappa shape index (κ1) is 9.88. The zero-order valence-corrected chi connectivity index (χ0v) is 6.89. The summed E-state index contributed by atoms with van der Waals surface area (Å²) >= 11 is 0. The van der Waals surface area contributed by atoms with Crippen LogP contribution in [0.15, 0.2) is 0 Å². The summed E-state index contributed by atoms with van der Waals surface area (Å²) in [5.74, 6) is -1.13. The molecule has 0 rings (SSSR count). The molecule has 1 N–H and O–H groups in total. The third kappa shape index (κ3) is 4.73. The van der Waals surface area contributed by atoms with Gasteiger partial charge in [-0.2, -0.15) is 0 Å². The minimum atomic E-state index is -1.13. The van der Waals surface area contributed by atoms with E-state index in [4.69, 9.17) is 9.47 Å². The summed E-state index contributed by atoms with van der Waals surface area (Å²) in [6, 6.07) is 0. The van der Waals surface area contributed by atoms with Gasteiger partial charge in [0, 0.05) is 13.7 Å². The van der Waals surface area contributed by atoms with Crippen molar-refractivity contribution in [2.75, 3.05) is 20.3 Å². The van der Waals surface area contributed by atoms with Crippen molar-refractivity contribution in [3.63, 3.8) is 0 Å². The van der Waals surface area contributed by atoms with Crippen LogP contribution in [-0.4, -0.2) is 31.2 Å². The number of methoxy groups -OCH3 is 1. The monoisotopic (exact) mass is 148 g/mol. The number of aliphatic hydroxyl groups is 1. The molecule has 10 heavy (non-hydrogen) atoms. The Labute approximate surface area is 62.0 Å². The molecule has 0 aliphatic rings. The van der Waals surface area contributed by atoms with Crippen LogP contribution < -0.4 is 0 Å². The molecular weight excluding hydrogens is 132 g/mol. The standard InChI is InChI=1S/C7H16O3/c1-4-5-10-6-7(2,8)9-3/h8H,4-6H2,1-3H3. The van der Waals surface area contributed by atoms with Gasteiger partial charge in [0.2, 0.25) is 0 Å². The normalized spacial score (nSPS) is 16.8. The third-order valence-corrected chi connectivity index (χ3v) is 1.16. The van der Waals surface area contributed by atoms with Gasteiger partial charge in [-0.3, -0.25) is 0 Å². The van der Waals surface area contributed by atoms with Gasteiger partial charge >= 0.3 is 0 Å². The SMILES string of the molecule is CCCOCC(C)(O)OC. The molecule has 0 amide bonds. The quantitative estimate of drug-likeness (QED) is 0.462. The first-order valence-corrected chi connectivity index (χ1v) is 3.47. The van der Waals surface area contributed by atoms with Crippen molar-refractivity contribution in [2.24, 2.45) is 0 Å².